The van der Waals surface area contributed by atoms with Crippen molar-refractivity contribution in [1.29, 1.82) is 0 Å². The second-order valence-electron chi connectivity index (χ2n) is 19.8. The van der Waals surface area contributed by atoms with Gasteiger partial charge in [0.2, 0.25) is 0 Å². The van der Waals surface area contributed by atoms with Crippen molar-refractivity contribution in [3.8, 4) is 11.3 Å². The number of carbonyl (C=O) groups is 4. The first kappa shape index (κ1) is 53.8. The van der Waals surface area contributed by atoms with Crippen molar-refractivity contribution in [2.75, 3.05) is 27.2 Å². The summed E-state index contributed by atoms with van der Waals surface area (Å²) in [7, 11) is 3.41. The molecule has 3 aliphatic rings. The maximum absolute atomic E-state index is 15.1. The van der Waals surface area contributed by atoms with Crippen LogP contribution in [0.2, 0.25) is 0 Å². The Hall–Kier alpha value is -4.56. The number of aromatic nitrogens is 3. The number of pyridine rings is 1. The fourth-order valence-corrected chi connectivity index (χ4v) is 11.5. The van der Waals surface area contributed by atoms with Crippen LogP contribution in [0, 0.1) is 23.7 Å². The predicted molar refractivity (Wildman–Crippen MR) is 259 cm³/mol. The molecule has 2 N–H and O–H groups in total. The van der Waals surface area contributed by atoms with Gasteiger partial charge in [-0.15, -0.1) is 6.58 Å². The van der Waals surface area contributed by atoms with Crippen molar-refractivity contribution in [3.63, 3.8) is 0 Å². The minimum absolute atomic E-state index is 0.0811. The number of Topliss-reactive ketones (excluding diaryl/α,β-unsaturated/α-hetero) is 1. The van der Waals surface area contributed by atoms with E-state index in [-0.39, 0.29) is 31.1 Å². The predicted octanol–water partition coefficient (Wildman–Crippen LogP) is 6.64. The van der Waals surface area contributed by atoms with Gasteiger partial charge in [-0.2, -0.15) is 11.3 Å². The maximum atomic E-state index is 15.1. The van der Waals surface area contributed by atoms with Gasteiger partial charge in [-0.1, -0.05) is 39.8 Å². The second kappa shape index (κ2) is 22.7. The van der Waals surface area contributed by atoms with E-state index in [0.717, 1.165) is 11.3 Å². The molecular formula is C51H74N6O11S. The molecule has 0 radical (unpaired) electrons. The molecule has 3 aliphatic heterocycles. The van der Waals surface area contributed by atoms with Crippen LogP contribution in [0.1, 0.15) is 93.7 Å². The number of ketones is 1. The molecule has 69 heavy (non-hydrogen) atoms. The molecule has 6 rings (SSSR count). The molecule has 0 spiro atoms. The molecule has 6 heterocycles. The highest BCUT2D eigenvalue weighted by atomic mass is 32.1. The van der Waals surface area contributed by atoms with E-state index >= 15 is 4.79 Å². The fourth-order valence-electron chi connectivity index (χ4n) is 10.8. The molecular weight excluding hydrogens is 905 g/mol. The van der Waals surface area contributed by atoms with Crippen molar-refractivity contribution >= 4 is 35.2 Å². The number of ether oxygens (including phenoxy) is 6. The van der Waals surface area contributed by atoms with E-state index in [1.165, 1.54) is 12.1 Å². The number of carbonyl (C=O) groups excluding carboxylic acids is 4. The number of cyclic esters (lactones) is 1. The van der Waals surface area contributed by atoms with Gasteiger partial charge in [0.15, 0.2) is 11.4 Å². The van der Waals surface area contributed by atoms with Crippen LogP contribution < -0.4 is 5.43 Å². The van der Waals surface area contributed by atoms with E-state index in [2.05, 4.69) is 22.0 Å². The lowest BCUT2D eigenvalue weighted by Crippen LogP contribution is -2.65. The molecule has 3 fully saturated rings. The van der Waals surface area contributed by atoms with Crippen molar-refractivity contribution in [2.24, 2.45) is 23.7 Å². The van der Waals surface area contributed by atoms with Gasteiger partial charge in [0.05, 0.1) is 47.9 Å². The molecule has 380 valence electrons. The Morgan fingerprint density at radius 2 is 1.86 bits per heavy atom. The van der Waals surface area contributed by atoms with Gasteiger partial charge in [0, 0.05) is 73.9 Å². The van der Waals surface area contributed by atoms with Crippen LogP contribution in [0.3, 0.4) is 0 Å². The smallest absolute Gasteiger partial charge is 0.425 e. The summed E-state index contributed by atoms with van der Waals surface area (Å²) in [5.74, 6) is -6.77. The largest absolute Gasteiger partial charge is 0.461 e. The highest BCUT2D eigenvalue weighted by Crippen LogP contribution is 2.45. The molecule has 0 bridgehead atoms. The van der Waals surface area contributed by atoms with Gasteiger partial charge >= 0.3 is 18.0 Å². The number of amides is 1. The summed E-state index contributed by atoms with van der Waals surface area (Å²) in [5, 5.41) is 17.6. The highest BCUT2D eigenvalue weighted by Gasteiger charge is 2.61. The number of hydrazine groups is 1. The minimum atomic E-state index is -1.65. The zero-order valence-electron chi connectivity index (χ0n) is 42.2. The van der Waals surface area contributed by atoms with Gasteiger partial charge in [-0.25, -0.2) is 20.2 Å². The molecule has 0 aromatic carbocycles. The van der Waals surface area contributed by atoms with Crippen LogP contribution in [-0.4, -0.2) is 140 Å². The highest BCUT2D eigenvalue weighted by molar-refractivity contribution is 7.08. The number of nitrogens with zero attached hydrogens (tertiary/aromatic N) is 5. The van der Waals surface area contributed by atoms with Crippen molar-refractivity contribution in [2.45, 2.75) is 161 Å². The molecule has 14 atom stereocenters. The molecule has 3 saturated heterocycles. The fraction of sp³-hybridized carbons (Fsp3) is 0.647. The molecule has 1 amide bonds. The first-order valence-corrected chi connectivity index (χ1v) is 25.2. The average molecular weight is 979 g/mol. The number of hydrogen-bond acceptors (Lipinski definition) is 16. The number of aliphatic hydroxyl groups is 1. The van der Waals surface area contributed by atoms with Gasteiger partial charge < -0.3 is 38.1 Å². The lowest BCUT2D eigenvalue weighted by Gasteiger charge is -2.52. The Labute approximate surface area is 411 Å². The van der Waals surface area contributed by atoms with Gasteiger partial charge in [0.1, 0.15) is 30.1 Å². The third kappa shape index (κ3) is 11.8. The van der Waals surface area contributed by atoms with E-state index in [0.29, 0.717) is 38.2 Å². The standard InChI is InChI=1S/C51H74N6O11S/c1-13-22-55(11)39-25-32(4)66-51(10,45(39)60)67-46-34(6)43(65-41(58)26-37-18-15-16-20-52-37)35(7)47(61)64-40(14-2)50(9)44(33(5)42(59)31(3)27-49(46,8)63-12)57(48(62)68-50)54-21-17-23-56-28-38(53-30-56)36-19-24-69-29-36/h13,15-16,18-20,24,28-35,39-40,43-46,54,60H,1,14,17,21-23,25-27H2,2-12H3/t31-,32-,33+,34+,35-,39+,40-,43?,44-,45-,46-,49-,50-,51+/m1/s1. The quantitative estimate of drug-likeness (QED) is 0.0672. The number of methoxy groups -OCH3 is 1. The Kier molecular flexibility index (Phi) is 17.7. The first-order valence-electron chi connectivity index (χ1n) is 24.2. The number of imidazole rings is 1. The molecule has 3 aromatic heterocycles. The summed E-state index contributed by atoms with van der Waals surface area (Å²) in [6.45, 7) is 21.3. The molecule has 18 heteroatoms. The first-order chi connectivity index (χ1) is 32.7. The van der Waals surface area contributed by atoms with Gasteiger partial charge in [-0.05, 0) is 90.9 Å². The zero-order chi connectivity index (χ0) is 50.4. The number of esters is 2. The Morgan fingerprint density at radius 1 is 1.10 bits per heavy atom. The normalized spacial score (nSPS) is 34.7. The third-order valence-electron chi connectivity index (χ3n) is 14.6. The lowest BCUT2D eigenvalue weighted by molar-refractivity contribution is -0.358. The summed E-state index contributed by atoms with van der Waals surface area (Å²) in [6, 6.07) is 5.90. The van der Waals surface area contributed by atoms with Crippen LogP contribution >= 0.6 is 11.3 Å². The number of nitrogens with one attached hydrogen (secondary N) is 1. The minimum Gasteiger partial charge on any atom is -0.461 e. The number of aryl methyl sites for hydroxylation is 1. The SMILES string of the molecule is C=CCN(C)[C@H]1C[C@@H](C)O[C@@](C)(O[C@@H]2[C@@H](C)C(OC(=O)Cc3ccccn3)[C@@H](C)C(=O)O[C@H](CC)[C@@]3(C)OC(=O)N(NCCCn4cnc(-c5ccsc5)c4)[C@@H]3[C@@H](C)C(=O)[C@H](C)C[C@@]2(C)OC)[C@@H]1O. The summed E-state index contributed by atoms with van der Waals surface area (Å²) < 4.78 is 41.1. The Balaban J connectivity index is 1.37. The number of rotatable bonds is 16. The van der Waals surface area contributed by atoms with Crippen LogP contribution in [0.5, 0.6) is 0 Å². The summed E-state index contributed by atoms with van der Waals surface area (Å²) >= 11 is 1.60. The molecule has 3 aromatic rings. The summed E-state index contributed by atoms with van der Waals surface area (Å²) in [5.41, 5.74) is 2.79. The maximum Gasteiger partial charge on any atom is 0.425 e. The van der Waals surface area contributed by atoms with Crippen LogP contribution in [-0.2, 0) is 55.8 Å². The van der Waals surface area contributed by atoms with Crippen molar-refractivity contribution < 1.29 is 52.7 Å². The van der Waals surface area contributed by atoms with Gasteiger partial charge in [0.25, 0.3) is 0 Å². The molecule has 17 nitrogen and oxygen atoms in total. The van der Waals surface area contributed by atoms with E-state index < -0.39 is 95.2 Å². The van der Waals surface area contributed by atoms with Crippen molar-refractivity contribution in [1.82, 2.24) is 29.9 Å². The summed E-state index contributed by atoms with van der Waals surface area (Å²) in [4.78, 5) is 68.8. The number of likely N-dealkylation sites (N-methyl/N-ethyl adjacent to an activating group) is 1. The van der Waals surface area contributed by atoms with Crippen LogP contribution in [0.25, 0.3) is 11.3 Å². The number of aliphatic hydroxyl groups excluding tert-OH is 1. The lowest BCUT2D eigenvalue weighted by atomic mass is 9.73. The Morgan fingerprint density at radius 3 is 2.51 bits per heavy atom. The average Bonchev–Trinajstić information content (AvgIpc) is 4.08. The third-order valence-corrected chi connectivity index (χ3v) is 15.3. The van der Waals surface area contributed by atoms with Crippen LogP contribution in [0.4, 0.5) is 4.79 Å². The molecule has 0 saturated carbocycles. The van der Waals surface area contributed by atoms with E-state index in [9.17, 15) is 19.5 Å². The molecule has 0 aliphatic carbocycles. The molecule has 1 unspecified atom stereocenters. The van der Waals surface area contributed by atoms with Crippen molar-refractivity contribution in [3.05, 3.63) is 72.1 Å². The Bertz CT molecular complexity index is 2210. The number of thiophene rings is 1. The van der Waals surface area contributed by atoms with Crippen LogP contribution in [0.15, 0.2) is 66.4 Å². The summed E-state index contributed by atoms with van der Waals surface area (Å²) in [6.07, 6.45) is 2.71. The van der Waals surface area contributed by atoms with E-state index in [1.54, 1.807) is 82.8 Å². The topological polar surface area (TPSA) is 193 Å². The second-order valence-corrected chi connectivity index (χ2v) is 20.6. The monoisotopic (exact) mass is 979 g/mol. The number of hydrogen-bond donors (Lipinski definition) is 2. The van der Waals surface area contributed by atoms with Gasteiger partial charge in [-0.3, -0.25) is 24.3 Å². The number of fused-ring (bicyclic) bond motifs is 1. The van der Waals surface area contributed by atoms with E-state index in [1.807, 2.05) is 67.2 Å². The van der Waals surface area contributed by atoms with E-state index in [4.69, 9.17) is 28.4 Å². The zero-order valence-corrected chi connectivity index (χ0v) is 43.0.